The number of nitrogens with one attached hydrogen (secondary N) is 2. The van der Waals surface area contributed by atoms with Crippen molar-refractivity contribution in [2.24, 2.45) is 0 Å². The van der Waals surface area contributed by atoms with E-state index < -0.39 is 17.1 Å². The molecule has 1 aromatic carbocycles. The van der Waals surface area contributed by atoms with Gasteiger partial charge in [0, 0.05) is 25.1 Å². The number of nitrogens with zero attached hydrogens (tertiary/aromatic N) is 4. The van der Waals surface area contributed by atoms with Crippen LogP contribution >= 0.6 is 0 Å². The van der Waals surface area contributed by atoms with E-state index in [0.29, 0.717) is 13.0 Å². The molecule has 0 saturated carbocycles. The van der Waals surface area contributed by atoms with E-state index in [1.807, 2.05) is 12.1 Å². The van der Waals surface area contributed by atoms with Crippen LogP contribution in [0.25, 0.3) is 16.7 Å². The van der Waals surface area contributed by atoms with Crippen molar-refractivity contribution in [3.8, 4) is 5.69 Å². The van der Waals surface area contributed by atoms with Gasteiger partial charge in [-0.25, -0.2) is 18.7 Å². The van der Waals surface area contributed by atoms with Gasteiger partial charge in [0.05, 0.1) is 5.69 Å². The fourth-order valence-electron chi connectivity index (χ4n) is 2.80. The minimum atomic E-state index is -0.705. The molecule has 0 unspecified atom stereocenters. The summed E-state index contributed by atoms with van der Waals surface area (Å²) >= 11 is 0. The second kappa shape index (κ2) is 7.39. The smallest absolute Gasteiger partial charge is 0.334 e. The first kappa shape index (κ1) is 17.5. The number of hydrogen-bond acceptors (Lipinski definition) is 6. The summed E-state index contributed by atoms with van der Waals surface area (Å²) in [6.45, 7) is 0.557. The summed E-state index contributed by atoms with van der Waals surface area (Å²) in [5, 5.41) is 3.17. The van der Waals surface area contributed by atoms with Crippen molar-refractivity contribution in [3.05, 3.63) is 87.2 Å². The van der Waals surface area contributed by atoms with Crippen molar-refractivity contribution >= 4 is 17.0 Å². The highest BCUT2D eigenvalue weighted by atomic mass is 19.1. The van der Waals surface area contributed by atoms with Gasteiger partial charge in [0.25, 0.3) is 5.56 Å². The van der Waals surface area contributed by atoms with Crippen LogP contribution in [0.15, 0.2) is 64.6 Å². The fraction of sp³-hybridized carbons (Fsp3) is 0.105. The predicted octanol–water partition coefficient (Wildman–Crippen LogP) is 1.66. The Morgan fingerprint density at radius 1 is 1.14 bits per heavy atom. The molecule has 8 nitrogen and oxygen atoms in total. The first-order chi connectivity index (χ1) is 13.6. The third-order valence-electron chi connectivity index (χ3n) is 4.14. The molecule has 0 amide bonds. The minimum absolute atomic E-state index is 0.113. The summed E-state index contributed by atoms with van der Waals surface area (Å²) in [6.07, 6.45) is 5.53. The van der Waals surface area contributed by atoms with Crippen LogP contribution in [0.5, 0.6) is 0 Å². The van der Waals surface area contributed by atoms with E-state index in [1.54, 1.807) is 12.4 Å². The van der Waals surface area contributed by atoms with Gasteiger partial charge in [-0.15, -0.1) is 0 Å². The van der Waals surface area contributed by atoms with E-state index >= 15 is 0 Å². The molecule has 3 heterocycles. The molecule has 0 spiro atoms. The van der Waals surface area contributed by atoms with Gasteiger partial charge in [-0.1, -0.05) is 12.1 Å². The van der Waals surface area contributed by atoms with E-state index in [1.165, 1.54) is 24.4 Å². The van der Waals surface area contributed by atoms with Crippen LogP contribution in [0.1, 0.15) is 5.56 Å². The summed E-state index contributed by atoms with van der Waals surface area (Å²) in [5.41, 5.74) is -0.0232. The Bertz CT molecular complexity index is 1250. The molecule has 28 heavy (non-hydrogen) atoms. The quantitative estimate of drug-likeness (QED) is 0.547. The molecule has 140 valence electrons. The van der Waals surface area contributed by atoms with Gasteiger partial charge in [-0.2, -0.15) is 4.98 Å². The fourth-order valence-corrected chi connectivity index (χ4v) is 2.80. The summed E-state index contributed by atoms with van der Waals surface area (Å²) in [7, 11) is 0. The monoisotopic (exact) mass is 378 g/mol. The standard InChI is InChI=1S/C19H15FN6O2/c20-13-4-1-5-14(9-13)26-17(27)15-11-23-18(24-16(15)25-19(26)28)22-8-6-12-3-2-7-21-10-12/h1-5,7,9-11H,6,8H2,(H2,22,23,24,25,28). The summed E-state index contributed by atoms with van der Waals surface area (Å²) in [5.74, 6) is -0.261. The average Bonchev–Trinajstić information content (AvgIpc) is 2.69. The van der Waals surface area contributed by atoms with E-state index in [0.717, 1.165) is 16.2 Å². The number of aromatic nitrogens is 5. The molecular weight excluding hydrogens is 363 g/mol. The van der Waals surface area contributed by atoms with Crippen LogP contribution in [0.4, 0.5) is 10.3 Å². The lowest BCUT2D eigenvalue weighted by Crippen LogP contribution is -2.34. The van der Waals surface area contributed by atoms with E-state index in [-0.39, 0.29) is 22.7 Å². The number of fused-ring (bicyclic) bond motifs is 1. The number of benzene rings is 1. The molecule has 0 radical (unpaired) electrons. The number of rotatable bonds is 5. The van der Waals surface area contributed by atoms with Crippen molar-refractivity contribution in [2.45, 2.75) is 6.42 Å². The second-order valence-electron chi connectivity index (χ2n) is 6.04. The number of pyridine rings is 1. The molecule has 0 aliphatic rings. The third kappa shape index (κ3) is 3.50. The summed E-state index contributed by atoms with van der Waals surface area (Å²) in [6, 6.07) is 9.06. The highest BCUT2D eigenvalue weighted by Gasteiger charge is 2.12. The molecule has 0 aliphatic heterocycles. The van der Waals surface area contributed by atoms with Gasteiger partial charge < -0.3 is 5.32 Å². The van der Waals surface area contributed by atoms with Gasteiger partial charge in [0.1, 0.15) is 11.2 Å². The van der Waals surface area contributed by atoms with Crippen LogP contribution in [0, 0.1) is 5.82 Å². The van der Waals surface area contributed by atoms with Crippen molar-refractivity contribution in [1.82, 2.24) is 24.5 Å². The lowest BCUT2D eigenvalue weighted by molar-refractivity contribution is 0.626. The Hall–Kier alpha value is -3.88. The lowest BCUT2D eigenvalue weighted by atomic mass is 10.2. The molecule has 0 aliphatic carbocycles. The minimum Gasteiger partial charge on any atom is -0.354 e. The Morgan fingerprint density at radius 3 is 2.82 bits per heavy atom. The Balaban J connectivity index is 1.63. The number of H-pyrrole nitrogens is 1. The normalized spacial score (nSPS) is 10.9. The zero-order valence-electron chi connectivity index (χ0n) is 14.6. The number of halogens is 1. The molecule has 9 heteroatoms. The van der Waals surface area contributed by atoms with E-state index in [2.05, 4.69) is 25.3 Å². The zero-order chi connectivity index (χ0) is 19.5. The SMILES string of the molecule is O=c1[nH]c2nc(NCCc3cccnc3)ncc2c(=O)n1-c1cccc(F)c1. The van der Waals surface area contributed by atoms with Crippen molar-refractivity contribution in [3.63, 3.8) is 0 Å². The predicted molar refractivity (Wildman–Crippen MR) is 102 cm³/mol. The topological polar surface area (TPSA) is 106 Å². The molecule has 0 saturated heterocycles. The number of anilines is 1. The average molecular weight is 378 g/mol. The highest BCUT2D eigenvalue weighted by molar-refractivity contribution is 5.73. The molecular formula is C19H15FN6O2. The first-order valence-corrected chi connectivity index (χ1v) is 8.52. The van der Waals surface area contributed by atoms with Crippen molar-refractivity contribution < 1.29 is 4.39 Å². The van der Waals surface area contributed by atoms with Gasteiger partial charge >= 0.3 is 5.69 Å². The van der Waals surface area contributed by atoms with Gasteiger partial charge in [0.2, 0.25) is 5.95 Å². The maximum Gasteiger partial charge on any atom is 0.334 e. The Labute approximate surface area is 157 Å². The van der Waals surface area contributed by atoms with Gasteiger partial charge in [-0.05, 0) is 36.2 Å². The van der Waals surface area contributed by atoms with Crippen LogP contribution < -0.4 is 16.6 Å². The van der Waals surface area contributed by atoms with Gasteiger partial charge in [-0.3, -0.25) is 14.8 Å². The summed E-state index contributed by atoms with van der Waals surface area (Å²) in [4.78, 5) is 40.0. The van der Waals surface area contributed by atoms with Crippen LogP contribution in [-0.2, 0) is 6.42 Å². The summed E-state index contributed by atoms with van der Waals surface area (Å²) < 4.78 is 14.3. The Kier molecular flexibility index (Phi) is 4.63. The maximum atomic E-state index is 13.5. The molecule has 4 aromatic rings. The van der Waals surface area contributed by atoms with Crippen molar-refractivity contribution in [2.75, 3.05) is 11.9 Å². The number of hydrogen-bond donors (Lipinski definition) is 2. The van der Waals surface area contributed by atoms with Crippen LogP contribution in [0.3, 0.4) is 0 Å². The molecule has 0 atom stereocenters. The lowest BCUT2D eigenvalue weighted by Gasteiger charge is -2.08. The maximum absolute atomic E-state index is 13.5. The van der Waals surface area contributed by atoms with Crippen LogP contribution in [0.2, 0.25) is 0 Å². The molecule has 2 N–H and O–H groups in total. The molecule has 0 bridgehead atoms. The largest absolute Gasteiger partial charge is 0.354 e. The molecule has 0 fully saturated rings. The third-order valence-corrected chi connectivity index (χ3v) is 4.14. The van der Waals surface area contributed by atoms with E-state index in [4.69, 9.17) is 0 Å². The zero-order valence-corrected chi connectivity index (χ0v) is 14.6. The van der Waals surface area contributed by atoms with E-state index in [9.17, 15) is 14.0 Å². The van der Waals surface area contributed by atoms with Crippen LogP contribution in [-0.4, -0.2) is 31.0 Å². The Morgan fingerprint density at radius 2 is 2.04 bits per heavy atom. The highest BCUT2D eigenvalue weighted by Crippen LogP contribution is 2.09. The number of aromatic amines is 1. The van der Waals surface area contributed by atoms with Crippen molar-refractivity contribution in [1.29, 1.82) is 0 Å². The molecule has 4 rings (SSSR count). The van der Waals surface area contributed by atoms with Gasteiger partial charge in [0.15, 0.2) is 5.65 Å². The second-order valence-corrected chi connectivity index (χ2v) is 6.04. The molecule has 3 aromatic heterocycles. The first-order valence-electron chi connectivity index (χ1n) is 8.52.